The van der Waals surface area contributed by atoms with Gasteiger partial charge in [-0.1, -0.05) is 53.9 Å². The fourth-order valence-corrected chi connectivity index (χ4v) is 4.50. The van der Waals surface area contributed by atoms with E-state index in [4.69, 9.17) is 44.8 Å². The van der Waals surface area contributed by atoms with E-state index in [-0.39, 0.29) is 6.03 Å². The first kappa shape index (κ1) is 24.6. The Kier molecular flexibility index (Phi) is 7.81. The zero-order valence-electron chi connectivity index (χ0n) is 19.1. The predicted octanol–water partition coefficient (Wildman–Crippen LogP) is 6.25. The van der Waals surface area contributed by atoms with E-state index in [0.717, 1.165) is 46.3 Å². The van der Waals surface area contributed by atoms with Gasteiger partial charge < -0.3 is 15.1 Å². The van der Waals surface area contributed by atoms with Crippen LogP contribution in [0.15, 0.2) is 42.5 Å². The number of hydrogen-bond donors (Lipinski definition) is 1. The molecule has 3 aromatic rings. The molecule has 0 aliphatic carbocycles. The standard InChI is InChI=1S/C25H26Cl3N5O/c1-3-23-20(14-17-4-6-18(26)7-5-17)24(30-16(2)29-23)32-10-12-33(13-11-32)25(34)31-19-8-9-21(27)22(28)15-19/h4-9,15H,3,10-14H2,1-2H3,(H,31,34). The summed E-state index contributed by atoms with van der Waals surface area (Å²) in [6.07, 6.45) is 1.55. The minimum Gasteiger partial charge on any atom is -0.353 e. The van der Waals surface area contributed by atoms with E-state index in [9.17, 15) is 4.79 Å². The van der Waals surface area contributed by atoms with Crippen molar-refractivity contribution in [2.45, 2.75) is 26.7 Å². The second-order valence-corrected chi connectivity index (χ2v) is 9.46. The number of carbonyl (C=O) groups is 1. The van der Waals surface area contributed by atoms with Gasteiger partial charge >= 0.3 is 6.03 Å². The molecule has 2 aromatic carbocycles. The molecule has 0 saturated carbocycles. The lowest BCUT2D eigenvalue weighted by Crippen LogP contribution is -2.50. The second-order valence-electron chi connectivity index (χ2n) is 8.21. The number of hydrogen-bond acceptors (Lipinski definition) is 4. The summed E-state index contributed by atoms with van der Waals surface area (Å²) >= 11 is 18.1. The lowest BCUT2D eigenvalue weighted by molar-refractivity contribution is 0.208. The Bertz CT molecular complexity index is 1180. The molecule has 6 nitrogen and oxygen atoms in total. The first-order chi connectivity index (χ1) is 16.3. The zero-order chi connectivity index (χ0) is 24.2. The highest BCUT2D eigenvalue weighted by Crippen LogP contribution is 2.27. The van der Waals surface area contributed by atoms with Crippen LogP contribution < -0.4 is 10.2 Å². The molecule has 9 heteroatoms. The molecule has 1 aliphatic rings. The quantitative estimate of drug-likeness (QED) is 0.433. The SMILES string of the molecule is CCc1nc(C)nc(N2CCN(C(=O)Nc3ccc(Cl)c(Cl)c3)CC2)c1Cc1ccc(Cl)cc1. The highest BCUT2D eigenvalue weighted by molar-refractivity contribution is 6.42. The predicted molar refractivity (Wildman–Crippen MR) is 140 cm³/mol. The molecule has 0 atom stereocenters. The fourth-order valence-electron chi connectivity index (χ4n) is 4.08. The number of piperazine rings is 1. The lowest BCUT2D eigenvalue weighted by atomic mass is 10.0. The van der Waals surface area contributed by atoms with Crippen LogP contribution in [0.2, 0.25) is 15.1 Å². The van der Waals surface area contributed by atoms with Crippen LogP contribution in [-0.4, -0.2) is 47.1 Å². The average molecular weight is 519 g/mol. The molecule has 0 unspecified atom stereocenters. The van der Waals surface area contributed by atoms with Crippen LogP contribution in [0.4, 0.5) is 16.3 Å². The summed E-state index contributed by atoms with van der Waals surface area (Å²) in [7, 11) is 0. The number of nitrogens with zero attached hydrogens (tertiary/aromatic N) is 4. The molecule has 34 heavy (non-hydrogen) atoms. The summed E-state index contributed by atoms with van der Waals surface area (Å²) in [6.45, 7) is 6.57. The van der Waals surface area contributed by atoms with Crippen LogP contribution in [0.25, 0.3) is 0 Å². The van der Waals surface area contributed by atoms with E-state index in [2.05, 4.69) is 17.1 Å². The molecule has 0 spiro atoms. The third-order valence-corrected chi connectivity index (χ3v) is 6.84. The molecule has 1 aromatic heterocycles. The molecule has 1 aliphatic heterocycles. The minimum absolute atomic E-state index is 0.160. The van der Waals surface area contributed by atoms with Crippen LogP contribution >= 0.6 is 34.8 Å². The minimum atomic E-state index is -0.160. The number of nitrogens with one attached hydrogen (secondary N) is 1. The van der Waals surface area contributed by atoms with Crippen molar-refractivity contribution >= 4 is 52.3 Å². The van der Waals surface area contributed by atoms with Gasteiger partial charge in [-0.2, -0.15) is 0 Å². The maximum Gasteiger partial charge on any atom is 0.321 e. The summed E-state index contributed by atoms with van der Waals surface area (Å²) < 4.78 is 0. The van der Waals surface area contributed by atoms with Crippen LogP contribution in [-0.2, 0) is 12.8 Å². The largest absolute Gasteiger partial charge is 0.353 e. The molecule has 4 rings (SSSR count). The highest BCUT2D eigenvalue weighted by atomic mass is 35.5. The lowest BCUT2D eigenvalue weighted by Gasteiger charge is -2.36. The summed E-state index contributed by atoms with van der Waals surface area (Å²) in [4.78, 5) is 26.4. The van der Waals surface area contributed by atoms with Crippen LogP contribution in [0, 0.1) is 6.92 Å². The van der Waals surface area contributed by atoms with Crippen molar-refractivity contribution in [1.82, 2.24) is 14.9 Å². The van der Waals surface area contributed by atoms with Gasteiger partial charge in [0, 0.05) is 54.6 Å². The molecule has 0 bridgehead atoms. The maximum absolute atomic E-state index is 12.8. The van der Waals surface area contributed by atoms with Gasteiger partial charge in [0.25, 0.3) is 0 Å². The van der Waals surface area contributed by atoms with E-state index in [1.165, 1.54) is 0 Å². The van der Waals surface area contributed by atoms with E-state index in [1.807, 2.05) is 31.2 Å². The van der Waals surface area contributed by atoms with Gasteiger partial charge in [0.05, 0.1) is 10.0 Å². The third kappa shape index (κ3) is 5.74. The number of benzene rings is 2. The van der Waals surface area contributed by atoms with Gasteiger partial charge in [-0.25, -0.2) is 14.8 Å². The Morgan fingerprint density at radius 2 is 1.68 bits per heavy atom. The van der Waals surface area contributed by atoms with Crippen molar-refractivity contribution < 1.29 is 4.79 Å². The topological polar surface area (TPSA) is 61.4 Å². The molecule has 0 radical (unpaired) electrons. The van der Waals surface area contributed by atoms with Crippen molar-refractivity contribution in [3.63, 3.8) is 0 Å². The Morgan fingerprint density at radius 3 is 2.32 bits per heavy atom. The number of carbonyl (C=O) groups excluding carboxylic acids is 1. The Morgan fingerprint density at radius 1 is 0.971 bits per heavy atom. The van der Waals surface area contributed by atoms with Gasteiger partial charge in [0.2, 0.25) is 0 Å². The molecular formula is C25H26Cl3N5O. The van der Waals surface area contributed by atoms with Crippen molar-refractivity contribution in [3.05, 3.63) is 80.2 Å². The normalized spacial score (nSPS) is 13.8. The highest BCUT2D eigenvalue weighted by Gasteiger charge is 2.25. The van der Waals surface area contributed by atoms with E-state index in [0.29, 0.717) is 41.9 Å². The van der Waals surface area contributed by atoms with Gasteiger partial charge in [-0.3, -0.25) is 0 Å². The van der Waals surface area contributed by atoms with Crippen LogP contribution in [0.3, 0.4) is 0 Å². The summed E-state index contributed by atoms with van der Waals surface area (Å²) in [6, 6.07) is 12.8. The Balaban J connectivity index is 1.48. The molecule has 2 heterocycles. The third-order valence-electron chi connectivity index (χ3n) is 5.85. The van der Waals surface area contributed by atoms with E-state index in [1.54, 1.807) is 23.1 Å². The zero-order valence-corrected chi connectivity index (χ0v) is 21.4. The summed E-state index contributed by atoms with van der Waals surface area (Å²) in [5.41, 5.74) is 3.96. The average Bonchev–Trinajstić information content (AvgIpc) is 2.83. The maximum atomic E-state index is 12.8. The van der Waals surface area contributed by atoms with E-state index < -0.39 is 0 Å². The van der Waals surface area contributed by atoms with Gasteiger partial charge in [0.1, 0.15) is 11.6 Å². The number of aromatic nitrogens is 2. The Labute approximate surface area is 214 Å². The number of amides is 2. The second kappa shape index (κ2) is 10.8. The van der Waals surface area contributed by atoms with Gasteiger partial charge in [-0.05, 0) is 49.2 Å². The number of rotatable bonds is 5. The number of urea groups is 1. The Hall–Kier alpha value is -2.54. The van der Waals surface area contributed by atoms with Crippen molar-refractivity contribution in [1.29, 1.82) is 0 Å². The fraction of sp³-hybridized carbons (Fsp3) is 0.320. The number of anilines is 2. The molecule has 1 N–H and O–H groups in total. The van der Waals surface area contributed by atoms with Crippen molar-refractivity contribution in [2.75, 3.05) is 36.4 Å². The molecule has 2 amide bonds. The van der Waals surface area contributed by atoms with E-state index >= 15 is 0 Å². The first-order valence-electron chi connectivity index (χ1n) is 11.2. The molecular weight excluding hydrogens is 493 g/mol. The smallest absolute Gasteiger partial charge is 0.321 e. The molecule has 1 fully saturated rings. The molecule has 178 valence electrons. The summed E-state index contributed by atoms with van der Waals surface area (Å²) in [5, 5.41) is 4.48. The first-order valence-corrected chi connectivity index (χ1v) is 12.3. The van der Waals surface area contributed by atoms with Crippen molar-refractivity contribution in [2.24, 2.45) is 0 Å². The monoisotopic (exact) mass is 517 g/mol. The number of halogens is 3. The van der Waals surface area contributed by atoms with Gasteiger partial charge in [0.15, 0.2) is 0 Å². The van der Waals surface area contributed by atoms with Crippen molar-refractivity contribution in [3.8, 4) is 0 Å². The van der Waals surface area contributed by atoms with Crippen LogP contribution in [0.1, 0.15) is 29.6 Å². The van der Waals surface area contributed by atoms with Crippen LogP contribution in [0.5, 0.6) is 0 Å². The molecule has 1 saturated heterocycles. The van der Waals surface area contributed by atoms with Gasteiger partial charge in [-0.15, -0.1) is 0 Å². The number of aryl methyl sites for hydroxylation is 2. The summed E-state index contributed by atoms with van der Waals surface area (Å²) in [5.74, 6) is 1.70.